The standard InChI is InChI=1S/C78H144NO8P/c1-6-8-10-12-14-16-18-20-22-24-26-28-30-32-33-34-35-36-37-38-39-40-41-42-43-44-45-47-49-51-53-55-57-59-61-63-65-67-69-71-78(81)87-76(75-86-88(82,83)85-73-72-79(3,4)5)74-84-77(80)70-68-66-64-62-60-58-56-54-52-50-48-46-31-29-27-25-23-21-19-17-15-13-11-9-7-2/h18-21,24-27,30-32,46,76H,6-17,22-23,28-29,33-45,47-75H2,1-5H3/p+1/b20-18-,21-19-,26-24-,27-25-,32-30-,46-31-. The molecule has 0 aromatic rings. The minimum atomic E-state index is -4.39. The topological polar surface area (TPSA) is 108 Å². The Morgan fingerprint density at radius 3 is 0.909 bits per heavy atom. The van der Waals surface area contributed by atoms with Crippen molar-refractivity contribution < 1.29 is 42.1 Å². The SMILES string of the molecule is CCCCCCC/C=C\C/C=C\C/C=C\CCCCCCCCCCCCCCCCCCCCCCCCCCC(=O)OC(COC(=O)CCCCCCCCCCCC/C=C\C/C=C\C/C=C\CCCCCCC)COP(=O)(O)OCC[N+](C)(C)C. The van der Waals surface area contributed by atoms with Gasteiger partial charge in [-0.2, -0.15) is 0 Å². The molecule has 9 nitrogen and oxygen atoms in total. The lowest BCUT2D eigenvalue weighted by molar-refractivity contribution is -0.870. The van der Waals surface area contributed by atoms with Crippen LogP contribution in [0.1, 0.15) is 361 Å². The van der Waals surface area contributed by atoms with Crippen LogP contribution in [0.25, 0.3) is 0 Å². The molecule has 0 aromatic carbocycles. The molecule has 0 aliphatic carbocycles. The fourth-order valence-corrected chi connectivity index (χ4v) is 11.7. The summed E-state index contributed by atoms with van der Waals surface area (Å²) in [7, 11) is 1.49. The van der Waals surface area contributed by atoms with Gasteiger partial charge in [-0.1, -0.05) is 331 Å². The number of likely N-dealkylation sites (N-methyl/N-ethyl adjacent to an activating group) is 1. The number of carbonyl (C=O) groups is 2. The highest BCUT2D eigenvalue weighted by Gasteiger charge is 2.27. The third-order valence-electron chi connectivity index (χ3n) is 16.7. The van der Waals surface area contributed by atoms with E-state index < -0.39 is 26.5 Å². The lowest BCUT2D eigenvalue weighted by atomic mass is 10.0. The summed E-state index contributed by atoms with van der Waals surface area (Å²) in [5.41, 5.74) is 0. The fraction of sp³-hybridized carbons (Fsp3) is 0.821. The molecule has 1 N–H and O–H groups in total. The van der Waals surface area contributed by atoms with E-state index in [9.17, 15) is 19.0 Å². The van der Waals surface area contributed by atoms with E-state index in [0.29, 0.717) is 17.4 Å². The van der Waals surface area contributed by atoms with Gasteiger partial charge in [0.15, 0.2) is 6.10 Å². The molecular formula is C78H145NO8P+. The largest absolute Gasteiger partial charge is 0.472 e. The molecule has 0 aromatic heterocycles. The van der Waals surface area contributed by atoms with Crippen LogP contribution in [0.2, 0.25) is 0 Å². The van der Waals surface area contributed by atoms with Crippen LogP contribution < -0.4 is 0 Å². The number of allylic oxidation sites excluding steroid dienone is 12. The fourth-order valence-electron chi connectivity index (χ4n) is 10.9. The molecule has 0 radical (unpaired) electrons. The molecule has 2 atom stereocenters. The van der Waals surface area contributed by atoms with Crippen LogP contribution in [0.4, 0.5) is 0 Å². The van der Waals surface area contributed by atoms with Crippen molar-refractivity contribution in [1.29, 1.82) is 0 Å². The van der Waals surface area contributed by atoms with Gasteiger partial charge in [0, 0.05) is 12.8 Å². The zero-order chi connectivity index (χ0) is 64.1. The van der Waals surface area contributed by atoms with Crippen molar-refractivity contribution in [2.24, 2.45) is 0 Å². The predicted molar refractivity (Wildman–Crippen MR) is 381 cm³/mol. The first-order chi connectivity index (χ1) is 43.0. The summed E-state index contributed by atoms with van der Waals surface area (Å²) in [6.45, 7) is 4.45. The number of nitrogens with zero attached hydrogens (tertiary/aromatic N) is 1. The van der Waals surface area contributed by atoms with Gasteiger partial charge in [0.05, 0.1) is 27.7 Å². The monoisotopic (exact) mass is 1260 g/mol. The average molecular weight is 1260 g/mol. The van der Waals surface area contributed by atoms with Crippen molar-refractivity contribution in [2.75, 3.05) is 47.5 Å². The maximum absolute atomic E-state index is 12.9. The van der Waals surface area contributed by atoms with E-state index >= 15 is 0 Å². The molecular weight excluding hydrogens is 1110 g/mol. The number of rotatable bonds is 70. The minimum Gasteiger partial charge on any atom is -0.462 e. The highest BCUT2D eigenvalue weighted by molar-refractivity contribution is 7.47. The van der Waals surface area contributed by atoms with Gasteiger partial charge in [-0.3, -0.25) is 18.6 Å². The van der Waals surface area contributed by atoms with Gasteiger partial charge in [0.25, 0.3) is 0 Å². The number of unbranched alkanes of at least 4 members (excludes halogenated alkanes) is 44. The van der Waals surface area contributed by atoms with Crippen LogP contribution in [0.3, 0.4) is 0 Å². The molecule has 0 spiro atoms. The van der Waals surface area contributed by atoms with Gasteiger partial charge in [0.1, 0.15) is 19.8 Å². The highest BCUT2D eigenvalue weighted by atomic mass is 31.2. The zero-order valence-corrected chi connectivity index (χ0v) is 59.6. The molecule has 0 heterocycles. The van der Waals surface area contributed by atoms with Gasteiger partial charge in [-0.15, -0.1) is 0 Å². The van der Waals surface area contributed by atoms with Crippen LogP contribution in [-0.4, -0.2) is 74.9 Å². The maximum atomic E-state index is 12.9. The van der Waals surface area contributed by atoms with Gasteiger partial charge >= 0.3 is 19.8 Å². The van der Waals surface area contributed by atoms with E-state index in [1.54, 1.807) is 0 Å². The van der Waals surface area contributed by atoms with Crippen LogP contribution in [0, 0.1) is 0 Å². The van der Waals surface area contributed by atoms with Gasteiger partial charge in [0.2, 0.25) is 0 Å². The van der Waals surface area contributed by atoms with E-state index in [1.165, 1.54) is 270 Å². The Balaban J connectivity index is 3.95. The Labute approximate surface area is 546 Å². The van der Waals surface area contributed by atoms with Crippen molar-refractivity contribution in [2.45, 2.75) is 367 Å². The Bertz CT molecular complexity index is 1710. The second-order valence-corrected chi connectivity index (χ2v) is 28.1. The molecule has 10 heteroatoms. The van der Waals surface area contributed by atoms with Gasteiger partial charge in [-0.05, 0) is 89.9 Å². The second kappa shape index (κ2) is 68.8. The lowest BCUT2D eigenvalue weighted by Gasteiger charge is -2.24. The Kier molecular flexibility index (Phi) is 66.8. The molecule has 0 saturated heterocycles. The molecule has 0 aliphatic heterocycles. The average Bonchev–Trinajstić information content (AvgIpc) is 3.68. The number of quaternary nitrogens is 1. The Morgan fingerprint density at radius 1 is 0.352 bits per heavy atom. The summed E-state index contributed by atoms with van der Waals surface area (Å²) in [4.78, 5) is 35.9. The number of esters is 2. The van der Waals surface area contributed by atoms with E-state index in [-0.39, 0.29) is 32.0 Å². The number of phosphoric ester groups is 1. The highest BCUT2D eigenvalue weighted by Crippen LogP contribution is 2.43. The molecule has 0 aliphatic rings. The van der Waals surface area contributed by atoms with Gasteiger partial charge in [-0.25, -0.2) is 4.57 Å². The molecule has 0 rings (SSSR count). The molecule has 2 unspecified atom stereocenters. The first-order valence-electron chi connectivity index (χ1n) is 37.7. The Morgan fingerprint density at radius 2 is 0.614 bits per heavy atom. The molecule has 0 amide bonds. The summed E-state index contributed by atoms with van der Waals surface area (Å²) < 4.78 is 34.8. The molecule has 0 saturated carbocycles. The quantitative estimate of drug-likeness (QED) is 0.0211. The van der Waals surface area contributed by atoms with E-state index in [4.69, 9.17) is 18.5 Å². The van der Waals surface area contributed by atoms with E-state index in [2.05, 4.69) is 86.8 Å². The van der Waals surface area contributed by atoms with Crippen LogP contribution in [0.15, 0.2) is 72.9 Å². The van der Waals surface area contributed by atoms with Crippen LogP contribution in [0.5, 0.6) is 0 Å². The number of hydrogen-bond acceptors (Lipinski definition) is 7. The van der Waals surface area contributed by atoms with E-state index in [1.807, 2.05) is 21.1 Å². The zero-order valence-electron chi connectivity index (χ0n) is 58.7. The third kappa shape index (κ3) is 72.5. The lowest BCUT2D eigenvalue weighted by Crippen LogP contribution is -2.37. The summed E-state index contributed by atoms with van der Waals surface area (Å²) in [5, 5.41) is 0. The number of hydrogen-bond donors (Lipinski definition) is 1. The molecule has 514 valence electrons. The van der Waals surface area contributed by atoms with Crippen LogP contribution in [-0.2, 0) is 32.7 Å². The summed E-state index contributed by atoms with van der Waals surface area (Å²) in [6.07, 6.45) is 93.1. The summed E-state index contributed by atoms with van der Waals surface area (Å²) in [5.74, 6) is -0.787. The Hall–Kier alpha value is -2.55. The number of phosphoric acid groups is 1. The van der Waals surface area contributed by atoms with Crippen molar-refractivity contribution in [3.63, 3.8) is 0 Å². The summed E-state index contributed by atoms with van der Waals surface area (Å²) in [6, 6.07) is 0. The maximum Gasteiger partial charge on any atom is 0.472 e. The molecule has 0 fully saturated rings. The van der Waals surface area contributed by atoms with Crippen molar-refractivity contribution in [3.05, 3.63) is 72.9 Å². The van der Waals surface area contributed by atoms with Crippen LogP contribution >= 0.6 is 7.82 Å². The number of ether oxygens (including phenoxy) is 2. The summed E-state index contributed by atoms with van der Waals surface area (Å²) >= 11 is 0. The van der Waals surface area contributed by atoms with E-state index in [0.717, 1.165) is 57.8 Å². The normalized spacial score (nSPS) is 13.5. The van der Waals surface area contributed by atoms with Crippen molar-refractivity contribution in [1.82, 2.24) is 0 Å². The molecule has 88 heavy (non-hydrogen) atoms. The first-order valence-corrected chi connectivity index (χ1v) is 39.2. The first kappa shape index (κ1) is 85.5. The third-order valence-corrected chi connectivity index (χ3v) is 17.7. The van der Waals surface area contributed by atoms with Gasteiger partial charge < -0.3 is 18.9 Å². The molecule has 0 bridgehead atoms. The number of carbonyl (C=O) groups excluding carboxylic acids is 2. The minimum absolute atomic E-state index is 0.0310. The smallest absolute Gasteiger partial charge is 0.462 e. The van der Waals surface area contributed by atoms with Crippen molar-refractivity contribution >= 4 is 19.8 Å². The second-order valence-electron chi connectivity index (χ2n) is 26.7. The van der Waals surface area contributed by atoms with Crippen molar-refractivity contribution in [3.8, 4) is 0 Å². The predicted octanol–water partition coefficient (Wildman–Crippen LogP) is 24.7.